The molecule has 2 aromatic rings. The van der Waals surface area contributed by atoms with Crippen molar-refractivity contribution in [3.63, 3.8) is 0 Å². The van der Waals surface area contributed by atoms with E-state index in [9.17, 15) is 18.3 Å². The average Bonchev–Trinajstić information content (AvgIpc) is 2.52. The van der Waals surface area contributed by atoms with Gasteiger partial charge >= 0.3 is 6.36 Å². The van der Waals surface area contributed by atoms with Gasteiger partial charge in [0.2, 0.25) is 0 Å². The lowest BCUT2D eigenvalue weighted by Crippen LogP contribution is -2.34. The van der Waals surface area contributed by atoms with Crippen molar-refractivity contribution in [2.75, 3.05) is 0 Å². The van der Waals surface area contributed by atoms with Crippen molar-refractivity contribution in [2.45, 2.75) is 38.1 Å². The minimum atomic E-state index is -4.75. The third kappa shape index (κ3) is 6.38. The van der Waals surface area contributed by atoms with Crippen LogP contribution in [0.3, 0.4) is 0 Å². The van der Waals surface area contributed by atoms with E-state index >= 15 is 0 Å². The van der Waals surface area contributed by atoms with Crippen LogP contribution in [0.1, 0.15) is 24.5 Å². The Morgan fingerprint density at radius 2 is 1.76 bits per heavy atom. The van der Waals surface area contributed by atoms with Crippen molar-refractivity contribution in [3.8, 4) is 5.75 Å². The SMILES string of the molecule is CC(O)(CC(N)OCc1cccc(OC(F)(F)F)c1)c1ccccc1. The smallest absolute Gasteiger partial charge is 0.406 e. The van der Waals surface area contributed by atoms with E-state index in [-0.39, 0.29) is 18.8 Å². The van der Waals surface area contributed by atoms with Crippen molar-refractivity contribution >= 4 is 0 Å². The molecule has 0 amide bonds. The Morgan fingerprint density at radius 3 is 2.40 bits per heavy atom. The van der Waals surface area contributed by atoms with Crippen molar-refractivity contribution in [1.82, 2.24) is 0 Å². The Balaban J connectivity index is 1.92. The number of alkyl halides is 3. The normalized spacial score (nSPS) is 15.4. The van der Waals surface area contributed by atoms with Crippen molar-refractivity contribution < 1.29 is 27.8 Å². The molecule has 0 spiro atoms. The summed E-state index contributed by atoms with van der Waals surface area (Å²) >= 11 is 0. The van der Waals surface area contributed by atoms with E-state index in [1.54, 1.807) is 25.1 Å². The van der Waals surface area contributed by atoms with Crippen LogP contribution in [0.4, 0.5) is 13.2 Å². The number of rotatable bonds is 7. The molecule has 0 radical (unpaired) electrons. The first-order chi connectivity index (χ1) is 11.7. The molecule has 0 aromatic heterocycles. The van der Waals surface area contributed by atoms with Gasteiger partial charge in [0.15, 0.2) is 0 Å². The molecule has 0 aliphatic carbocycles. The molecule has 2 rings (SSSR count). The Kier molecular flexibility index (Phi) is 6.05. The van der Waals surface area contributed by atoms with Crippen molar-refractivity contribution in [1.29, 1.82) is 0 Å². The number of hydrogen-bond acceptors (Lipinski definition) is 4. The predicted octanol–water partition coefficient (Wildman–Crippen LogP) is 3.68. The predicted molar refractivity (Wildman–Crippen MR) is 86.5 cm³/mol. The van der Waals surface area contributed by atoms with Gasteiger partial charge in [-0.05, 0) is 30.2 Å². The summed E-state index contributed by atoms with van der Waals surface area (Å²) in [5, 5.41) is 10.5. The van der Waals surface area contributed by atoms with E-state index in [1.807, 2.05) is 18.2 Å². The summed E-state index contributed by atoms with van der Waals surface area (Å²) < 4.78 is 46.0. The molecule has 0 heterocycles. The van der Waals surface area contributed by atoms with E-state index in [0.29, 0.717) is 11.1 Å². The molecule has 2 aromatic carbocycles. The highest BCUT2D eigenvalue weighted by atomic mass is 19.4. The fourth-order valence-corrected chi connectivity index (χ4v) is 2.40. The number of aliphatic hydroxyl groups is 1. The monoisotopic (exact) mass is 355 g/mol. The molecule has 0 saturated carbocycles. The molecule has 136 valence electrons. The lowest BCUT2D eigenvalue weighted by molar-refractivity contribution is -0.274. The number of nitrogens with two attached hydrogens (primary N) is 1. The summed E-state index contributed by atoms with van der Waals surface area (Å²) in [6, 6.07) is 14.5. The maximum absolute atomic E-state index is 12.2. The van der Waals surface area contributed by atoms with Gasteiger partial charge in [0.1, 0.15) is 12.0 Å². The lowest BCUT2D eigenvalue weighted by Gasteiger charge is -2.27. The number of ether oxygens (including phenoxy) is 2. The Bertz CT molecular complexity index is 675. The fraction of sp³-hybridized carbons (Fsp3) is 0.333. The van der Waals surface area contributed by atoms with Crippen LogP contribution in [0.2, 0.25) is 0 Å². The van der Waals surface area contributed by atoms with Crippen molar-refractivity contribution in [2.24, 2.45) is 5.73 Å². The number of benzene rings is 2. The summed E-state index contributed by atoms with van der Waals surface area (Å²) in [5.74, 6) is -0.321. The third-order valence-corrected chi connectivity index (χ3v) is 3.59. The van der Waals surface area contributed by atoms with Crippen molar-refractivity contribution in [3.05, 3.63) is 65.7 Å². The maximum atomic E-state index is 12.2. The molecule has 2 unspecified atom stereocenters. The first-order valence-electron chi connectivity index (χ1n) is 7.65. The van der Waals surface area contributed by atoms with Gasteiger partial charge in [0, 0.05) is 6.42 Å². The summed E-state index contributed by atoms with van der Waals surface area (Å²) in [6.07, 6.45) is -5.40. The molecule has 25 heavy (non-hydrogen) atoms. The summed E-state index contributed by atoms with van der Waals surface area (Å²) in [4.78, 5) is 0. The minimum Gasteiger partial charge on any atom is -0.406 e. The molecule has 3 N–H and O–H groups in total. The van der Waals surface area contributed by atoms with Crippen LogP contribution in [-0.4, -0.2) is 17.7 Å². The first kappa shape index (κ1) is 19.2. The Labute approximate surface area is 144 Å². The molecule has 7 heteroatoms. The topological polar surface area (TPSA) is 64.7 Å². The molecule has 4 nitrogen and oxygen atoms in total. The second-order valence-corrected chi connectivity index (χ2v) is 5.89. The van der Waals surface area contributed by atoms with Crippen LogP contribution in [-0.2, 0) is 16.9 Å². The molecule has 0 fully saturated rings. The van der Waals surface area contributed by atoms with Crippen LogP contribution in [0, 0.1) is 0 Å². The molecule has 2 atom stereocenters. The van der Waals surface area contributed by atoms with Gasteiger partial charge in [-0.25, -0.2) is 0 Å². The van der Waals surface area contributed by atoms with E-state index in [0.717, 1.165) is 0 Å². The van der Waals surface area contributed by atoms with Gasteiger partial charge in [-0.15, -0.1) is 13.2 Å². The largest absolute Gasteiger partial charge is 0.573 e. The van der Waals surface area contributed by atoms with Crippen LogP contribution >= 0.6 is 0 Å². The van der Waals surface area contributed by atoms with E-state index in [1.165, 1.54) is 18.2 Å². The van der Waals surface area contributed by atoms with Gasteiger partial charge < -0.3 is 20.3 Å². The molecular weight excluding hydrogens is 335 g/mol. The lowest BCUT2D eigenvalue weighted by atomic mass is 9.92. The Morgan fingerprint density at radius 1 is 1.08 bits per heavy atom. The summed E-state index contributed by atoms with van der Waals surface area (Å²) in [5.41, 5.74) is 5.90. The van der Waals surface area contributed by atoms with E-state index in [4.69, 9.17) is 10.5 Å². The van der Waals surface area contributed by atoms with Crippen LogP contribution in [0.5, 0.6) is 5.75 Å². The zero-order valence-electron chi connectivity index (χ0n) is 13.7. The molecular formula is C18H20F3NO3. The second-order valence-electron chi connectivity index (χ2n) is 5.89. The highest BCUT2D eigenvalue weighted by Crippen LogP contribution is 2.26. The molecule has 0 aliphatic rings. The maximum Gasteiger partial charge on any atom is 0.573 e. The van der Waals surface area contributed by atoms with Gasteiger partial charge in [0.05, 0.1) is 12.2 Å². The molecule has 0 saturated heterocycles. The zero-order chi connectivity index (χ0) is 18.5. The summed E-state index contributed by atoms with van der Waals surface area (Å²) in [6.45, 7) is 1.63. The van der Waals surface area contributed by atoms with Crippen LogP contribution in [0.15, 0.2) is 54.6 Å². The minimum absolute atomic E-state index is 0.00108. The molecule has 0 aliphatic heterocycles. The second kappa shape index (κ2) is 7.86. The summed E-state index contributed by atoms with van der Waals surface area (Å²) in [7, 11) is 0. The van der Waals surface area contributed by atoms with Gasteiger partial charge in [-0.1, -0.05) is 42.5 Å². The first-order valence-corrected chi connectivity index (χ1v) is 7.65. The number of hydrogen-bond donors (Lipinski definition) is 2. The molecule has 0 bridgehead atoms. The quantitative estimate of drug-likeness (QED) is 0.744. The van der Waals surface area contributed by atoms with E-state index in [2.05, 4.69) is 4.74 Å². The van der Waals surface area contributed by atoms with Gasteiger partial charge in [-0.2, -0.15) is 0 Å². The highest BCUT2D eigenvalue weighted by Gasteiger charge is 2.31. The number of halogens is 3. The fourth-order valence-electron chi connectivity index (χ4n) is 2.40. The third-order valence-electron chi connectivity index (χ3n) is 3.59. The van der Waals surface area contributed by atoms with E-state index < -0.39 is 18.2 Å². The van der Waals surface area contributed by atoms with Gasteiger partial charge in [-0.3, -0.25) is 0 Å². The van der Waals surface area contributed by atoms with Crippen LogP contribution < -0.4 is 10.5 Å². The average molecular weight is 355 g/mol. The van der Waals surface area contributed by atoms with Gasteiger partial charge in [0.25, 0.3) is 0 Å². The van der Waals surface area contributed by atoms with Crippen LogP contribution in [0.25, 0.3) is 0 Å². The Hall–Kier alpha value is -2.09. The zero-order valence-corrected chi connectivity index (χ0v) is 13.7. The highest BCUT2D eigenvalue weighted by molar-refractivity contribution is 5.28. The standard InChI is InChI=1S/C18H20F3NO3/c1-17(23,14-7-3-2-4-8-14)11-16(22)24-12-13-6-5-9-15(10-13)25-18(19,20)21/h2-10,16,23H,11-12,22H2,1H3.